The zero-order chi connectivity index (χ0) is 18.1. The minimum Gasteiger partial charge on any atom is -0.493 e. The van der Waals surface area contributed by atoms with E-state index in [0.717, 1.165) is 30.1 Å². The molecule has 0 atom stereocenters. The highest BCUT2D eigenvalue weighted by atomic mass is 127. The Kier molecular flexibility index (Phi) is 10.1. The second-order valence-corrected chi connectivity index (χ2v) is 5.67. The summed E-state index contributed by atoms with van der Waals surface area (Å²) in [5, 5.41) is 7.06. The largest absolute Gasteiger partial charge is 0.493 e. The van der Waals surface area contributed by atoms with Gasteiger partial charge in [-0.05, 0) is 35.7 Å². The molecule has 26 heavy (non-hydrogen) atoms. The fourth-order valence-corrected chi connectivity index (χ4v) is 2.39. The molecule has 0 aliphatic carbocycles. The maximum Gasteiger partial charge on any atom is 0.191 e. The van der Waals surface area contributed by atoms with Crippen molar-refractivity contribution in [2.24, 2.45) is 4.99 Å². The Bertz CT molecular complexity index is 711. The van der Waals surface area contributed by atoms with Gasteiger partial charge in [-0.25, -0.2) is 4.98 Å². The van der Waals surface area contributed by atoms with Crippen LogP contribution in [0.2, 0.25) is 5.15 Å². The Morgan fingerprint density at radius 3 is 2.42 bits per heavy atom. The summed E-state index contributed by atoms with van der Waals surface area (Å²) < 4.78 is 10.6. The van der Waals surface area contributed by atoms with Crippen LogP contribution in [0.5, 0.6) is 11.5 Å². The first-order valence-corrected chi connectivity index (χ1v) is 8.30. The fourth-order valence-electron chi connectivity index (χ4n) is 2.28. The highest BCUT2D eigenvalue weighted by Gasteiger charge is 2.05. The molecule has 0 fully saturated rings. The number of aliphatic imine (C=N–C) groups is 1. The van der Waals surface area contributed by atoms with Crippen molar-refractivity contribution in [2.45, 2.75) is 13.0 Å². The van der Waals surface area contributed by atoms with Crippen LogP contribution in [0.4, 0.5) is 0 Å². The van der Waals surface area contributed by atoms with Crippen molar-refractivity contribution in [2.75, 3.05) is 27.8 Å². The van der Waals surface area contributed by atoms with Gasteiger partial charge in [0.2, 0.25) is 0 Å². The molecule has 142 valence electrons. The van der Waals surface area contributed by atoms with Crippen LogP contribution in [0, 0.1) is 0 Å². The molecule has 0 bridgehead atoms. The van der Waals surface area contributed by atoms with E-state index in [0.29, 0.717) is 23.2 Å². The molecular weight excluding hydrogens is 467 g/mol. The molecule has 2 rings (SSSR count). The third-order valence-electron chi connectivity index (χ3n) is 3.63. The molecule has 0 aliphatic heterocycles. The van der Waals surface area contributed by atoms with E-state index in [1.54, 1.807) is 33.5 Å². The van der Waals surface area contributed by atoms with E-state index >= 15 is 0 Å². The van der Waals surface area contributed by atoms with Gasteiger partial charge in [0.1, 0.15) is 5.15 Å². The van der Waals surface area contributed by atoms with E-state index in [2.05, 4.69) is 20.6 Å². The van der Waals surface area contributed by atoms with E-state index in [4.69, 9.17) is 21.1 Å². The molecule has 6 nitrogen and oxygen atoms in total. The van der Waals surface area contributed by atoms with Crippen LogP contribution in [-0.4, -0.2) is 38.8 Å². The third kappa shape index (κ3) is 6.87. The second kappa shape index (κ2) is 11.8. The van der Waals surface area contributed by atoms with E-state index in [-0.39, 0.29) is 24.0 Å². The summed E-state index contributed by atoms with van der Waals surface area (Å²) in [6.45, 7) is 1.37. The van der Waals surface area contributed by atoms with Crippen molar-refractivity contribution < 1.29 is 9.47 Å². The Labute approximate surface area is 176 Å². The lowest BCUT2D eigenvalue weighted by molar-refractivity contribution is 0.354. The van der Waals surface area contributed by atoms with Crippen LogP contribution in [-0.2, 0) is 13.0 Å². The molecule has 2 N–H and O–H groups in total. The number of methoxy groups -OCH3 is 2. The molecule has 8 heteroatoms. The molecule has 1 heterocycles. The molecule has 0 saturated carbocycles. The highest BCUT2D eigenvalue weighted by molar-refractivity contribution is 14.0. The summed E-state index contributed by atoms with van der Waals surface area (Å²) in [5.41, 5.74) is 2.19. The topological polar surface area (TPSA) is 67.8 Å². The third-order valence-corrected chi connectivity index (χ3v) is 3.85. The number of benzene rings is 1. The van der Waals surface area contributed by atoms with Crippen LogP contribution >= 0.6 is 35.6 Å². The number of rotatable bonds is 7. The predicted octanol–water partition coefficient (Wildman–Crippen LogP) is 3.28. The molecule has 0 saturated heterocycles. The monoisotopic (exact) mass is 490 g/mol. The minimum absolute atomic E-state index is 0. The van der Waals surface area contributed by atoms with Gasteiger partial charge >= 0.3 is 0 Å². The van der Waals surface area contributed by atoms with Gasteiger partial charge in [0.25, 0.3) is 0 Å². The summed E-state index contributed by atoms with van der Waals surface area (Å²) in [4.78, 5) is 8.30. The molecule has 0 unspecified atom stereocenters. The Morgan fingerprint density at radius 2 is 1.81 bits per heavy atom. The Morgan fingerprint density at radius 1 is 1.08 bits per heavy atom. The molecular formula is C18H24ClIN4O2. The zero-order valence-corrected chi connectivity index (χ0v) is 18.2. The van der Waals surface area contributed by atoms with Crippen LogP contribution in [0.25, 0.3) is 0 Å². The van der Waals surface area contributed by atoms with Gasteiger partial charge in [0, 0.05) is 26.3 Å². The van der Waals surface area contributed by atoms with Crippen molar-refractivity contribution in [3.8, 4) is 11.5 Å². The molecule has 0 radical (unpaired) electrons. The lowest BCUT2D eigenvalue weighted by atomic mass is 10.2. The number of ether oxygens (including phenoxy) is 2. The normalized spacial score (nSPS) is 10.7. The second-order valence-electron chi connectivity index (χ2n) is 5.28. The van der Waals surface area contributed by atoms with Crippen LogP contribution in [0.1, 0.15) is 11.1 Å². The van der Waals surface area contributed by atoms with E-state index < -0.39 is 0 Å². The minimum atomic E-state index is 0. The van der Waals surface area contributed by atoms with Crippen molar-refractivity contribution >= 4 is 41.5 Å². The number of nitrogens with zero attached hydrogens (tertiary/aromatic N) is 2. The average Bonchev–Trinajstić information content (AvgIpc) is 2.65. The van der Waals surface area contributed by atoms with Gasteiger partial charge in [-0.1, -0.05) is 23.7 Å². The SMILES string of the molecule is CN=C(NCCc1ccc(Cl)nc1)NCc1ccc(OC)c(OC)c1.I. The number of nitrogens with one attached hydrogen (secondary N) is 2. The number of pyridine rings is 1. The molecule has 0 spiro atoms. The average molecular weight is 491 g/mol. The Hall–Kier alpha value is -1.74. The van der Waals surface area contributed by atoms with Gasteiger partial charge in [0.15, 0.2) is 17.5 Å². The maximum absolute atomic E-state index is 5.79. The smallest absolute Gasteiger partial charge is 0.191 e. The van der Waals surface area contributed by atoms with Gasteiger partial charge in [-0.3, -0.25) is 4.99 Å². The standard InChI is InChI=1S/C18H23ClN4O2.HI/c1-20-18(21-9-8-13-5-7-17(19)22-11-13)23-12-14-4-6-15(24-2)16(10-14)25-3;/h4-7,10-11H,8-9,12H2,1-3H3,(H2,20,21,23);1H. The van der Waals surface area contributed by atoms with Crippen molar-refractivity contribution in [3.05, 3.63) is 52.8 Å². The quantitative estimate of drug-likeness (QED) is 0.270. The van der Waals surface area contributed by atoms with E-state index in [1.807, 2.05) is 24.3 Å². The van der Waals surface area contributed by atoms with Crippen LogP contribution in [0.15, 0.2) is 41.5 Å². The summed E-state index contributed by atoms with van der Waals surface area (Å²) >= 11 is 5.79. The highest BCUT2D eigenvalue weighted by Crippen LogP contribution is 2.27. The first kappa shape index (κ1) is 22.3. The van der Waals surface area contributed by atoms with Crippen molar-refractivity contribution in [1.82, 2.24) is 15.6 Å². The molecule has 1 aromatic carbocycles. The number of hydrogen-bond acceptors (Lipinski definition) is 4. The molecule has 0 aliphatic rings. The van der Waals surface area contributed by atoms with E-state index in [9.17, 15) is 0 Å². The van der Waals surface area contributed by atoms with Crippen molar-refractivity contribution in [3.63, 3.8) is 0 Å². The summed E-state index contributed by atoms with van der Waals surface area (Å²) in [7, 11) is 4.99. The van der Waals surface area contributed by atoms with Crippen LogP contribution < -0.4 is 20.1 Å². The number of halogens is 2. The summed E-state index contributed by atoms with van der Waals surface area (Å²) in [6.07, 6.45) is 2.62. The zero-order valence-electron chi connectivity index (χ0n) is 15.1. The van der Waals surface area contributed by atoms with Gasteiger partial charge in [-0.2, -0.15) is 0 Å². The van der Waals surface area contributed by atoms with Crippen molar-refractivity contribution in [1.29, 1.82) is 0 Å². The summed E-state index contributed by atoms with van der Waals surface area (Å²) in [5.74, 6) is 2.15. The molecule has 0 amide bonds. The van der Waals surface area contributed by atoms with E-state index in [1.165, 1.54) is 0 Å². The lowest BCUT2D eigenvalue weighted by Gasteiger charge is -2.13. The Balaban J connectivity index is 0.00000338. The number of guanidine groups is 1. The van der Waals surface area contributed by atoms with Crippen LogP contribution in [0.3, 0.4) is 0 Å². The lowest BCUT2D eigenvalue weighted by Crippen LogP contribution is -2.37. The number of hydrogen-bond donors (Lipinski definition) is 2. The molecule has 1 aromatic heterocycles. The van der Waals surface area contributed by atoms with Gasteiger partial charge in [0.05, 0.1) is 14.2 Å². The summed E-state index contributed by atoms with van der Waals surface area (Å²) in [6, 6.07) is 9.58. The maximum atomic E-state index is 5.79. The molecule has 2 aromatic rings. The van der Waals surface area contributed by atoms with Gasteiger partial charge < -0.3 is 20.1 Å². The predicted molar refractivity (Wildman–Crippen MR) is 116 cm³/mol. The first-order valence-electron chi connectivity index (χ1n) is 7.92. The van der Waals surface area contributed by atoms with Gasteiger partial charge in [-0.15, -0.1) is 24.0 Å². The number of aromatic nitrogens is 1. The fraction of sp³-hybridized carbons (Fsp3) is 0.333. The first-order chi connectivity index (χ1) is 12.2.